The van der Waals surface area contributed by atoms with Crippen LogP contribution in [-0.4, -0.2) is 52.2 Å². The van der Waals surface area contributed by atoms with Crippen molar-refractivity contribution in [3.8, 4) is 11.3 Å². The average molecular weight is 503 g/mol. The lowest BCUT2D eigenvalue weighted by Gasteiger charge is -2.30. The smallest absolute Gasteiger partial charge is 0.291 e. The van der Waals surface area contributed by atoms with Gasteiger partial charge in [0, 0.05) is 43.0 Å². The number of aromatic amines is 1. The summed E-state index contributed by atoms with van der Waals surface area (Å²) in [5, 5.41) is 17.1. The van der Waals surface area contributed by atoms with Gasteiger partial charge in [0.2, 0.25) is 0 Å². The Kier molecular flexibility index (Phi) is 6.04. The molecule has 5 aromatic rings. The molecule has 1 aliphatic rings. The van der Waals surface area contributed by atoms with Gasteiger partial charge in [-0.15, -0.1) is 0 Å². The summed E-state index contributed by atoms with van der Waals surface area (Å²) < 4.78 is 6.89. The molecule has 1 amide bonds. The lowest BCUT2D eigenvalue weighted by molar-refractivity contribution is 0.0997. The van der Waals surface area contributed by atoms with Gasteiger partial charge in [-0.3, -0.25) is 4.79 Å². The summed E-state index contributed by atoms with van der Waals surface area (Å²) in [7, 11) is 0. The van der Waals surface area contributed by atoms with Gasteiger partial charge in [-0.25, -0.2) is 9.97 Å². The van der Waals surface area contributed by atoms with Crippen molar-refractivity contribution in [1.29, 1.82) is 0 Å². The van der Waals surface area contributed by atoms with Crippen molar-refractivity contribution in [1.82, 2.24) is 15.0 Å². The number of aromatic nitrogens is 3. The number of furan rings is 1. The Labute approximate surface area is 211 Å². The largest absolute Gasteiger partial charge is 0.451 e. The molecule has 1 aliphatic heterocycles. The third kappa shape index (κ3) is 4.40. The third-order valence-corrected chi connectivity index (χ3v) is 7.33. The van der Waals surface area contributed by atoms with Crippen molar-refractivity contribution >= 4 is 55.0 Å². The molecule has 4 aromatic heterocycles. The van der Waals surface area contributed by atoms with Gasteiger partial charge in [0.05, 0.1) is 28.2 Å². The number of carbonyl (C=O) groups excluding carboxylic acids is 1. The molecule has 1 aromatic carbocycles. The quantitative estimate of drug-likeness (QED) is 0.245. The summed E-state index contributed by atoms with van der Waals surface area (Å²) >= 11 is 1.50. The zero-order valence-electron chi connectivity index (χ0n) is 19.6. The van der Waals surface area contributed by atoms with Crippen molar-refractivity contribution in [3.63, 3.8) is 0 Å². The summed E-state index contributed by atoms with van der Waals surface area (Å²) in [4.78, 5) is 27.7. The van der Waals surface area contributed by atoms with Gasteiger partial charge in [0.1, 0.15) is 11.4 Å². The predicted octanol–water partition coefficient (Wildman–Crippen LogP) is 5.08. The molecule has 0 saturated carbocycles. The van der Waals surface area contributed by atoms with Crippen molar-refractivity contribution in [2.24, 2.45) is 0 Å². The highest BCUT2D eigenvalue weighted by Crippen LogP contribution is 2.37. The fraction of sp³-hybridized carbons (Fsp3) is 0.269. The number of aliphatic hydroxyl groups excluding tert-OH is 1. The Morgan fingerprint density at radius 1 is 1.17 bits per heavy atom. The van der Waals surface area contributed by atoms with Crippen LogP contribution >= 0.6 is 11.3 Å². The topological polar surface area (TPSA) is 119 Å². The molecule has 1 fully saturated rings. The van der Waals surface area contributed by atoms with E-state index in [1.54, 1.807) is 18.3 Å². The molecular formula is C26H26N6O3S. The molecule has 184 valence electrons. The molecule has 0 aliphatic carbocycles. The van der Waals surface area contributed by atoms with Crippen LogP contribution in [-0.2, 0) is 0 Å². The predicted molar refractivity (Wildman–Crippen MR) is 143 cm³/mol. The number of amides is 1. The minimum absolute atomic E-state index is 0.0382. The number of fused-ring (bicyclic) bond motifs is 2. The maximum atomic E-state index is 13.3. The monoisotopic (exact) mass is 502 g/mol. The number of H-pyrrole nitrogens is 1. The zero-order chi connectivity index (χ0) is 24.5. The Morgan fingerprint density at radius 3 is 2.92 bits per heavy atom. The van der Waals surface area contributed by atoms with Gasteiger partial charge in [-0.1, -0.05) is 11.3 Å². The van der Waals surface area contributed by atoms with E-state index in [2.05, 4.69) is 30.5 Å². The summed E-state index contributed by atoms with van der Waals surface area (Å²) in [6.45, 7) is 2.35. The van der Waals surface area contributed by atoms with E-state index in [1.807, 2.05) is 30.5 Å². The summed E-state index contributed by atoms with van der Waals surface area (Å²) in [5.41, 5.74) is 4.18. The lowest BCUT2D eigenvalue weighted by Crippen LogP contribution is -2.30. The molecule has 10 heteroatoms. The highest BCUT2D eigenvalue weighted by atomic mass is 32.1. The van der Waals surface area contributed by atoms with Gasteiger partial charge in [0.25, 0.3) is 5.91 Å². The van der Waals surface area contributed by atoms with Crippen LogP contribution in [0.4, 0.5) is 16.5 Å². The molecule has 4 N–H and O–H groups in total. The molecule has 0 bridgehead atoms. The number of aliphatic hydroxyl groups is 1. The first kappa shape index (κ1) is 22.6. The second-order valence-corrected chi connectivity index (χ2v) is 9.84. The molecule has 1 saturated heterocycles. The lowest BCUT2D eigenvalue weighted by atomic mass is 10.1. The van der Waals surface area contributed by atoms with Crippen LogP contribution in [0, 0.1) is 0 Å². The number of hydrogen-bond donors (Lipinski definition) is 4. The maximum Gasteiger partial charge on any atom is 0.291 e. The van der Waals surface area contributed by atoms with Crippen LogP contribution in [0.3, 0.4) is 0 Å². The summed E-state index contributed by atoms with van der Waals surface area (Å²) in [6.07, 6.45) is 7.02. The van der Waals surface area contributed by atoms with Crippen LogP contribution in [0.1, 0.15) is 29.8 Å². The number of piperidine rings is 1. The number of anilines is 3. The van der Waals surface area contributed by atoms with E-state index in [0.717, 1.165) is 69.3 Å². The fourth-order valence-corrected chi connectivity index (χ4v) is 5.48. The van der Waals surface area contributed by atoms with Gasteiger partial charge in [-0.2, -0.15) is 0 Å². The second-order valence-electron chi connectivity index (χ2n) is 8.81. The van der Waals surface area contributed by atoms with Crippen molar-refractivity contribution in [3.05, 3.63) is 54.6 Å². The standard InChI is InChI=1S/C26H26N6O3S/c33-11-8-28-26-31-19-13-20(32-9-2-1-3-10-32)18(14-23(19)36-26)30-25(34)22-5-4-21(35-22)17-12-16-6-7-27-24(16)29-15-17/h4-7,12-15,33H,1-3,8-11H2,(H,27,29)(H,28,31)(H,30,34). The summed E-state index contributed by atoms with van der Waals surface area (Å²) in [5.74, 6) is 0.515. The van der Waals surface area contributed by atoms with E-state index in [-0.39, 0.29) is 18.3 Å². The van der Waals surface area contributed by atoms with Crippen molar-refractivity contribution in [2.75, 3.05) is 41.8 Å². The minimum Gasteiger partial charge on any atom is -0.451 e. The molecule has 0 spiro atoms. The number of pyridine rings is 1. The van der Waals surface area contributed by atoms with Crippen molar-refractivity contribution < 1.29 is 14.3 Å². The normalized spacial score (nSPS) is 14.0. The molecular weight excluding hydrogens is 476 g/mol. The number of rotatable bonds is 7. The SMILES string of the molecule is O=C(Nc1cc2sc(NCCO)nc2cc1N1CCCCC1)c1ccc(-c2cnc3[nH]ccc3c2)o1. The Hall–Kier alpha value is -3.89. The van der Waals surface area contributed by atoms with Crippen LogP contribution in [0.15, 0.2) is 53.2 Å². The first-order valence-corrected chi connectivity index (χ1v) is 12.9. The van der Waals surface area contributed by atoms with Crippen LogP contribution in [0.5, 0.6) is 0 Å². The average Bonchev–Trinajstić information content (AvgIpc) is 3.66. The van der Waals surface area contributed by atoms with Gasteiger partial charge in [0.15, 0.2) is 10.9 Å². The Balaban J connectivity index is 1.29. The summed E-state index contributed by atoms with van der Waals surface area (Å²) in [6, 6.07) is 11.4. The van der Waals surface area contributed by atoms with E-state index in [4.69, 9.17) is 9.52 Å². The minimum atomic E-state index is -0.308. The van der Waals surface area contributed by atoms with Gasteiger partial charge in [-0.05, 0) is 55.7 Å². The highest BCUT2D eigenvalue weighted by Gasteiger charge is 2.21. The number of hydrogen-bond acceptors (Lipinski definition) is 8. The van der Waals surface area contributed by atoms with E-state index in [0.29, 0.717) is 12.3 Å². The number of thiazole rings is 1. The van der Waals surface area contributed by atoms with Crippen molar-refractivity contribution in [2.45, 2.75) is 19.3 Å². The number of nitrogens with one attached hydrogen (secondary N) is 3. The zero-order valence-corrected chi connectivity index (χ0v) is 20.4. The Morgan fingerprint density at radius 2 is 2.06 bits per heavy atom. The molecule has 0 unspecified atom stereocenters. The van der Waals surface area contributed by atoms with Crippen LogP contribution in [0.2, 0.25) is 0 Å². The third-order valence-electron chi connectivity index (χ3n) is 6.35. The first-order chi connectivity index (χ1) is 17.7. The highest BCUT2D eigenvalue weighted by molar-refractivity contribution is 7.22. The van der Waals surface area contributed by atoms with Gasteiger partial charge >= 0.3 is 0 Å². The molecule has 0 radical (unpaired) electrons. The molecule has 6 rings (SSSR count). The second kappa shape index (κ2) is 9.63. The maximum absolute atomic E-state index is 13.3. The molecule has 36 heavy (non-hydrogen) atoms. The van der Waals surface area contributed by atoms with E-state index in [1.165, 1.54) is 17.8 Å². The van der Waals surface area contributed by atoms with Crippen LogP contribution < -0.4 is 15.5 Å². The number of nitrogens with zero attached hydrogens (tertiary/aromatic N) is 3. The molecule has 5 heterocycles. The fourth-order valence-electron chi connectivity index (χ4n) is 4.57. The number of benzene rings is 1. The van der Waals surface area contributed by atoms with Gasteiger partial charge < -0.3 is 30.0 Å². The number of carbonyl (C=O) groups is 1. The first-order valence-electron chi connectivity index (χ1n) is 12.1. The van der Waals surface area contributed by atoms with E-state index >= 15 is 0 Å². The van der Waals surface area contributed by atoms with Crippen LogP contribution in [0.25, 0.3) is 32.6 Å². The van der Waals surface area contributed by atoms with E-state index < -0.39 is 0 Å². The molecule has 0 atom stereocenters. The molecule has 9 nitrogen and oxygen atoms in total. The Bertz CT molecular complexity index is 1530. The van der Waals surface area contributed by atoms with E-state index in [9.17, 15) is 4.79 Å².